The first kappa shape index (κ1) is 24.9. The van der Waals surface area contributed by atoms with Crippen molar-refractivity contribution >= 4 is 47.0 Å². The monoisotopic (exact) mass is 504 g/mol. The minimum absolute atomic E-state index is 0.178. The summed E-state index contributed by atoms with van der Waals surface area (Å²) < 4.78 is 17.6. The molecule has 0 atom stereocenters. The van der Waals surface area contributed by atoms with Crippen molar-refractivity contribution in [1.29, 1.82) is 0 Å². The zero-order valence-electron chi connectivity index (χ0n) is 18.7. The number of hydrogen-bond acceptors (Lipinski definition) is 10. The first-order chi connectivity index (χ1) is 16.0. The van der Waals surface area contributed by atoms with E-state index in [0.29, 0.717) is 22.8 Å². The van der Waals surface area contributed by atoms with Crippen LogP contribution >= 0.6 is 34.9 Å². The van der Waals surface area contributed by atoms with Crippen LogP contribution in [0.4, 0.5) is 0 Å². The zero-order chi connectivity index (χ0) is 23.6. The Kier molecular flexibility index (Phi) is 9.40. The van der Waals surface area contributed by atoms with Crippen LogP contribution < -0.4 is 19.6 Å². The van der Waals surface area contributed by atoms with Gasteiger partial charge in [0.1, 0.15) is 0 Å². The summed E-state index contributed by atoms with van der Waals surface area (Å²) >= 11 is 4.43. The molecule has 0 aliphatic heterocycles. The number of benzene rings is 2. The van der Waals surface area contributed by atoms with Gasteiger partial charge in [0, 0.05) is 11.3 Å². The number of carbonyl (C=O) groups excluding carboxylic acids is 1. The lowest BCUT2D eigenvalue weighted by Crippen LogP contribution is -2.19. The molecule has 1 heterocycles. The summed E-state index contributed by atoms with van der Waals surface area (Å²) in [7, 11) is 4.60. The number of methoxy groups -OCH3 is 3. The average Bonchev–Trinajstić information content (AvgIpc) is 3.29. The average molecular weight is 505 g/mol. The predicted octanol–water partition coefficient (Wildman–Crippen LogP) is 4.41. The zero-order valence-corrected chi connectivity index (χ0v) is 21.1. The van der Waals surface area contributed by atoms with Gasteiger partial charge in [-0.1, -0.05) is 64.7 Å². The minimum atomic E-state index is -0.250. The molecule has 0 radical (unpaired) electrons. The summed E-state index contributed by atoms with van der Waals surface area (Å²) in [4.78, 5) is 12.2. The maximum atomic E-state index is 12.2. The highest BCUT2D eigenvalue weighted by atomic mass is 32.2. The van der Waals surface area contributed by atoms with E-state index < -0.39 is 0 Å². The van der Waals surface area contributed by atoms with E-state index in [1.807, 2.05) is 0 Å². The summed E-state index contributed by atoms with van der Waals surface area (Å²) in [6.07, 6.45) is 1.49. The van der Waals surface area contributed by atoms with E-state index in [1.165, 1.54) is 54.7 Å². The molecule has 0 bridgehead atoms. The molecule has 1 N–H and O–H groups in total. The van der Waals surface area contributed by atoms with Crippen LogP contribution in [0.15, 0.2) is 50.2 Å². The van der Waals surface area contributed by atoms with E-state index in [4.69, 9.17) is 14.2 Å². The van der Waals surface area contributed by atoms with Gasteiger partial charge in [-0.25, -0.2) is 5.43 Å². The lowest BCUT2D eigenvalue weighted by atomic mass is 10.2. The molecule has 0 fully saturated rings. The highest BCUT2D eigenvalue weighted by Gasteiger charge is 2.15. The van der Waals surface area contributed by atoms with Crippen LogP contribution in [0.3, 0.4) is 0 Å². The molecule has 0 spiro atoms. The van der Waals surface area contributed by atoms with Crippen LogP contribution in [0.2, 0.25) is 0 Å². The molecular weight excluding hydrogens is 480 g/mol. The summed E-state index contributed by atoms with van der Waals surface area (Å²) in [5, 5.41) is 12.4. The number of aryl methyl sites for hydroxylation is 1. The fourth-order valence-corrected chi connectivity index (χ4v) is 5.47. The number of thioether (sulfide) groups is 2. The van der Waals surface area contributed by atoms with Crippen LogP contribution in [0.5, 0.6) is 17.2 Å². The van der Waals surface area contributed by atoms with Crippen LogP contribution in [0, 0.1) is 6.92 Å². The number of ether oxygens (including phenoxy) is 3. The van der Waals surface area contributed by atoms with Gasteiger partial charge in [-0.3, -0.25) is 4.79 Å². The first-order valence-electron chi connectivity index (χ1n) is 9.79. The molecule has 0 unspecified atom stereocenters. The highest BCUT2D eigenvalue weighted by Crippen LogP contribution is 2.39. The van der Waals surface area contributed by atoms with E-state index in [0.717, 1.165) is 14.4 Å². The van der Waals surface area contributed by atoms with Gasteiger partial charge < -0.3 is 14.2 Å². The van der Waals surface area contributed by atoms with Gasteiger partial charge in [0.15, 0.2) is 20.2 Å². The van der Waals surface area contributed by atoms with Gasteiger partial charge in [0.05, 0.1) is 33.3 Å². The van der Waals surface area contributed by atoms with Gasteiger partial charge >= 0.3 is 0 Å². The minimum Gasteiger partial charge on any atom is -0.493 e. The number of hydrogen-bond donors (Lipinski definition) is 1. The fourth-order valence-electron chi connectivity index (χ4n) is 2.70. The number of rotatable bonds is 11. The lowest BCUT2D eigenvalue weighted by molar-refractivity contribution is -0.118. The van der Waals surface area contributed by atoms with Crippen LogP contribution in [0.1, 0.15) is 16.7 Å². The number of hydrazone groups is 1. The second-order valence-electron chi connectivity index (χ2n) is 6.61. The largest absolute Gasteiger partial charge is 0.493 e. The van der Waals surface area contributed by atoms with E-state index >= 15 is 0 Å². The van der Waals surface area contributed by atoms with Crippen LogP contribution in [-0.2, 0) is 10.5 Å². The summed E-state index contributed by atoms with van der Waals surface area (Å²) in [6.45, 7) is 2.07. The lowest BCUT2D eigenvalue weighted by Gasteiger charge is -2.13. The van der Waals surface area contributed by atoms with Crippen molar-refractivity contribution in [2.24, 2.45) is 5.10 Å². The SMILES string of the molecule is COc1ccc(/C=N\NC(=O)CSc2nnc(SCc3ccc(C)cc3)s2)c(OC)c1OC. The van der Waals surface area contributed by atoms with E-state index in [9.17, 15) is 4.79 Å². The summed E-state index contributed by atoms with van der Waals surface area (Å²) in [5.74, 6) is 2.22. The Morgan fingerprint density at radius 1 is 1.00 bits per heavy atom. The molecule has 0 saturated heterocycles. The molecular formula is C22H24N4O4S3. The Hall–Kier alpha value is -2.76. The topological polar surface area (TPSA) is 94.9 Å². The summed E-state index contributed by atoms with van der Waals surface area (Å²) in [5.41, 5.74) is 5.63. The van der Waals surface area contributed by atoms with Crippen molar-refractivity contribution in [3.05, 3.63) is 53.1 Å². The Morgan fingerprint density at radius 2 is 1.70 bits per heavy atom. The van der Waals surface area contributed by atoms with Crippen molar-refractivity contribution in [1.82, 2.24) is 15.6 Å². The number of nitrogens with one attached hydrogen (secondary N) is 1. The molecule has 2 aromatic carbocycles. The fraction of sp³-hybridized carbons (Fsp3) is 0.273. The summed E-state index contributed by atoms with van der Waals surface area (Å²) in [6, 6.07) is 11.9. The molecule has 0 saturated carbocycles. The number of nitrogens with zero attached hydrogens (tertiary/aromatic N) is 3. The normalized spacial score (nSPS) is 10.9. The first-order valence-corrected chi connectivity index (χ1v) is 12.6. The Bertz CT molecular complexity index is 1100. The smallest absolute Gasteiger partial charge is 0.250 e. The van der Waals surface area contributed by atoms with Gasteiger partial charge in [0.25, 0.3) is 5.91 Å². The quantitative estimate of drug-likeness (QED) is 0.233. The molecule has 1 amide bonds. The third-order valence-corrected chi connectivity index (χ3v) is 7.59. The Morgan fingerprint density at radius 3 is 2.36 bits per heavy atom. The molecule has 174 valence electrons. The van der Waals surface area contributed by atoms with E-state index in [2.05, 4.69) is 51.9 Å². The molecule has 33 heavy (non-hydrogen) atoms. The Labute approximate surface area is 205 Å². The molecule has 0 aliphatic carbocycles. The van der Waals surface area contributed by atoms with Gasteiger partial charge in [-0.2, -0.15) is 5.10 Å². The predicted molar refractivity (Wildman–Crippen MR) is 133 cm³/mol. The van der Waals surface area contributed by atoms with Crippen molar-refractivity contribution in [2.75, 3.05) is 27.1 Å². The van der Waals surface area contributed by atoms with Gasteiger partial charge in [-0.15, -0.1) is 10.2 Å². The molecule has 8 nitrogen and oxygen atoms in total. The highest BCUT2D eigenvalue weighted by molar-refractivity contribution is 8.03. The van der Waals surface area contributed by atoms with Gasteiger partial charge in [-0.05, 0) is 24.6 Å². The Balaban J connectivity index is 1.48. The maximum Gasteiger partial charge on any atom is 0.250 e. The maximum absolute atomic E-state index is 12.2. The molecule has 0 aliphatic rings. The van der Waals surface area contributed by atoms with Crippen molar-refractivity contribution < 1.29 is 19.0 Å². The van der Waals surface area contributed by atoms with Crippen molar-refractivity contribution in [3.8, 4) is 17.2 Å². The van der Waals surface area contributed by atoms with Crippen LogP contribution in [0.25, 0.3) is 0 Å². The standard InChI is InChI=1S/C22H24N4O4S3/c1-14-5-7-15(8-6-14)12-31-21-25-26-22(33-21)32-13-18(27)24-23-11-16-9-10-17(28-2)20(30-4)19(16)29-3/h5-11H,12-13H2,1-4H3,(H,24,27)/b23-11-. The number of amides is 1. The second kappa shape index (κ2) is 12.5. The van der Waals surface area contributed by atoms with Gasteiger partial charge in [0.2, 0.25) is 5.75 Å². The molecule has 3 aromatic rings. The van der Waals surface area contributed by atoms with E-state index in [-0.39, 0.29) is 11.7 Å². The number of aromatic nitrogens is 2. The number of carbonyl (C=O) groups is 1. The van der Waals surface area contributed by atoms with Crippen LogP contribution in [-0.4, -0.2) is 49.4 Å². The second-order valence-corrected chi connectivity index (χ2v) is 10.0. The third kappa shape index (κ3) is 7.11. The third-order valence-electron chi connectivity index (χ3n) is 4.33. The molecule has 1 aromatic heterocycles. The molecule has 3 rings (SSSR count). The van der Waals surface area contributed by atoms with E-state index in [1.54, 1.807) is 31.0 Å². The molecule has 11 heteroatoms. The van der Waals surface area contributed by atoms with Crippen molar-refractivity contribution in [2.45, 2.75) is 21.4 Å². The van der Waals surface area contributed by atoms with Crippen molar-refractivity contribution in [3.63, 3.8) is 0 Å².